The van der Waals surface area contributed by atoms with Crippen LogP contribution in [0.1, 0.15) is 44.3 Å². The summed E-state index contributed by atoms with van der Waals surface area (Å²) in [4.78, 5) is 18.6. The van der Waals surface area contributed by atoms with Gasteiger partial charge in [-0.3, -0.25) is 4.79 Å². The van der Waals surface area contributed by atoms with Crippen LogP contribution in [-0.2, 0) is 17.6 Å². The Hall–Kier alpha value is -2.51. The van der Waals surface area contributed by atoms with Gasteiger partial charge in [-0.1, -0.05) is 12.1 Å². The first-order valence-corrected chi connectivity index (χ1v) is 8.88. The van der Waals surface area contributed by atoms with E-state index in [1.165, 1.54) is 0 Å². The van der Waals surface area contributed by atoms with E-state index in [9.17, 15) is 4.79 Å². The fourth-order valence-electron chi connectivity index (χ4n) is 2.95. The SMILES string of the molecule is CCCc1noc(CCC(=O)N2CCC(Nc3cccnn3)CC2)n1. The molecule has 2 aromatic heterocycles. The molecule has 0 bridgehead atoms. The van der Waals surface area contributed by atoms with Crippen molar-refractivity contribution in [3.8, 4) is 0 Å². The van der Waals surface area contributed by atoms with Crippen molar-refractivity contribution >= 4 is 11.7 Å². The van der Waals surface area contributed by atoms with Gasteiger partial charge < -0.3 is 14.7 Å². The van der Waals surface area contributed by atoms with Gasteiger partial charge >= 0.3 is 0 Å². The van der Waals surface area contributed by atoms with Crippen LogP contribution in [0.5, 0.6) is 0 Å². The lowest BCUT2D eigenvalue weighted by molar-refractivity contribution is -0.132. The van der Waals surface area contributed by atoms with Gasteiger partial charge in [0.15, 0.2) is 5.82 Å². The lowest BCUT2D eigenvalue weighted by Gasteiger charge is -2.32. The number of carbonyl (C=O) groups is 1. The van der Waals surface area contributed by atoms with Crippen molar-refractivity contribution in [2.45, 2.75) is 51.5 Å². The molecule has 0 unspecified atom stereocenters. The molecule has 25 heavy (non-hydrogen) atoms. The summed E-state index contributed by atoms with van der Waals surface area (Å²) in [6.45, 7) is 3.58. The molecule has 1 amide bonds. The van der Waals surface area contributed by atoms with Gasteiger partial charge in [-0.15, -0.1) is 5.10 Å². The molecule has 3 heterocycles. The number of nitrogens with one attached hydrogen (secondary N) is 1. The highest BCUT2D eigenvalue weighted by Gasteiger charge is 2.23. The highest BCUT2D eigenvalue weighted by atomic mass is 16.5. The second-order valence-electron chi connectivity index (χ2n) is 6.26. The van der Waals surface area contributed by atoms with E-state index in [0.717, 1.165) is 50.4 Å². The fraction of sp³-hybridized carbons (Fsp3) is 0.588. The summed E-state index contributed by atoms with van der Waals surface area (Å²) in [6.07, 6.45) is 6.18. The van der Waals surface area contributed by atoms with Gasteiger partial charge in [-0.25, -0.2) is 0 Å². The van der Waals surface area contributed by atoms with E-state index >= 15 is 0 Å². The molecule has 1 aliphatic rings. The molecule has 1 aliphatic heterocycles. The molecule has 0 atom stereocenters. The molecule has 1 saturated heterocycles. The van der Waals surface area contributed by atoms with Crippen molar-refractivity contribution < 1.29 is 9.32 Å². The largest absolute Gasteiger partial charge is 0.366 e. The van der Waals surface area contributed by atoms with Gasteiger partial charge in [-0.05, 0) is 31.4 Å². The zero-order chi connectivity index (χ0) is 17.5. The van der Waals surface area contributed by atoms with Crippen molar-refractivity contribution in [3.63, 3.8) is 0 Å². The molecule has 0 aromatic carbocycles. The van der Waals surface area contributed by atoms with E-state index in [2.05, 4.69) is 32.6 Å². The van der Waals surface area contributed by atoms with Gasteiger partial charge in [-0.2, -0.15) is 10.1 Å². The Bertz CT molecular complexity index is 667. The normalized spacial score (nSPS) is 15.3. The van der Waals surface area contributed by atoms with E-state index in [0.29, 0.717) is 24.8 Å². The smallest absolute Gasteiger partial charge is 0.227 e. The summed E-state index contributed by atoms with van der Waals surface area (Å²) < 4.78 is 5.18. The van der Waals surface area contributed by atoms with Gasteiger partial charge in [0, 0.05) is 44.6 Å². The lowest BCUT2D eigenvalue weighted by Crippen LogP contribution is -2.42. The first kappa shape index (κ1) is 17.3. The van der Waals surface area contributed by atoms with Crippen LogP contribution in [0.4, 0.5) is 5.82 Å². The zero-order valence-corrected chi connectivity index (χ0v) is 14.5. The Morgan fingerprint density at radius 3 is 2.92 bits per heavy atom. The van der Waals surface area contributed by atoms with E-state index < -0.39 is 0 Å². The number of nitrogens with zero attached hydrogens (tertiary/aromatic N) is 5. The minimum Gasteiger partial charge on any atom is -0.366 e. The molecule has 0 aliphatic carbocycles. The third kappa shape index (κ3) is 4.98. The predicted molar refractivity (Wildman–Crippen MR) is 91.9 cm³/mol. The maximum absolute atomic E-state index is 12.4. The maximum atomic E-state index is 12.4. The third-order valence-electron chi connectivity index (χ3n) is 4.31. The van der Waals surface area contributed by atoms with E-state index in [1.54, 1.807) is 6.20 Å². The molecule has 8 heteroatoms. The first-order valence-electron chi connectivity index (χ1n) is 8.88. The van der Waals surface area contributed by atoms with Crippen LogP contribution in [0, 0.1) is 0 Å². The number of rotatable bonds is 7. The summed E-state index contributed by atoms with van der Waals surface area (Å²) in [7, 11) is 0. The molecule has 1 N–H and O–H groups in total. The maximum Gasteiger partial charge on any atom is 0.227 e. The molecule has 3 rings (SSSR count). The van der Waals surface area contributed by atoms with Crippen LogP contribution >= 0.6 is 0 Å². The average molecular weight is 344 g/mol. The molecular formula is C17H24N6O2. The number of aryl methyl sites for hydroxylation is 2. The van der Waals surface area contributed by atoms with Crippen LogP contribution in [-0.4, -0.2) is 50.3 Å². The number of amides is 1. The van der Waals surface area contributed by atoms with Gasteiger partial charge in [0.25, 0.3) is 0 Å². The van der Waals surface area contributed by atoms with Crippen LogP contribution < -0.4 is 5.32 Å². The molecule has 0 radical (unpaired) electrons. The fourth-order valence-corrected chi connectivity index (χ4v) is 2.95. The molecule has 134 valence electrons. The summed E-state index contributed by atoms with van der Waals surface area (Å²) in [5, 5.41) is 15.2. The second-order valence-corrected chi connectivity index (χ2v) is 6.26. The van der Waals surface area contributed by atoms with Crippen molar-refractivity contribution in [3.05, 3.63) is 30.0 Å². The Balaban J connectivity index is 1.40. The van der Waals surface area contributed by atoms with Gasteiger partial charge in [0.05, 0.1) is 0 Å². The highest BCUT2D eigenvalue weighted by molar-refractivity contribution is 5.76. The number of hydrogen-bond donors (Lipinski definition) is 1. The first-order chi connectivity index (χ1) is 12.2. The van der Waals surface area contributed by atoms with Crippen LogP contribution in [0.25, 0.3) is 0 Å². The van der Waals surface area contributed by atoms with Crippen LogP contribution in [0.2, 0.25) is 0 Å². The highest BCUT2D eigenvalue weighted by Crippen LogP contribution is 2.16. The Morgan fingerprint density at radius 1 is 1.36 bits per heavy atom. The van der Waals surface area contributed by atoms with Crippen molar-refractivity contribution in [2.75, 3.05) is 18.4 Å². The molecule has 0 saturated carbocycles. The summed E-state index contributed by atoms with van der Waals surface area (Å²) >= 11 is 0. The minimum absolute atomic E-state index is 0.146. The summed E-state index contributed by atoms with van der Waals surface area (Å²) in [5.41, 5.74) is 0. The second kappa shape index (κ2) is 8.55. The number of likely N-dealkylation sites (tertiary alicyclic amines) is 1. The number of anilines is 1. The molecule has 1 fully saturated rings. The van der Waals surface area contributed by atoms with Crippen molar-refractivity contribution in [1.29, 1.82) is 0 Å². The molecule has 0 spiro atoms. The van der Waals surface area contributed by atoms with Crippen molar-refractivity contribution in [1.82, 2.24) is 25.2 Å². The number of aromatic nitrogens is 4. The summed E-state index contributed by atoms with van der Waals surface area (Å²) in [5.74, 6) is 2.21. The van der Waals surface area contributed by atoms with Crippen LogP contribution in [0.15, 0.2) is 22.9 Å². The number of carbonyl (C=O) groups excluding carboxylic acids is 1. The molecular weight excluding hydrogens is 320 g/mol. The number of hydrogen-bond acceptors (Lipinski definition) is 7. The Kier molecular flexibility index (Phi) is 5.92. The number of piperidine rings is 1. The van der Waals surface area contributed by atoms with Gasteiger partial charge in [0.2, 0.25) is 11.8 Å². The van der Waals surface area contributed by atoms with Gasteiger partial charge in [0.1, 0.15) is 5.82 Å². The zero-order valence-electron chi connectivity index (χ0n) is 14.5. The van der Waals surface area contributed by atoms with E-state index in [-0.39, 0.29) is 5.91 Å². The topological polar surface area (TPSA) is 97.0 Å². The summed E-state index contributed by atoms with van der Waals surface area (Å²) in [6, 6.07) is 4.09. The monoisotopic (exact) mass is 344 g/mol. The Labute approximate surface area is 147 Å². The van der Waals surface area contributed by atoms with Crippen molar-refractivity contribution in [2.24, 2.45) is 0 Å². The lowest BCUT2D eigenvalue weighted by atomic mass is 10.0. The Morgan fingerprint density at radius 2 is 2.20 bits per heavy atom. The quantitative estimate of drug-likeness (QED) is 0.818. The average Bonchev–Trinajstić information content (AvgIpc) is 3.09. The third-order valence-corrected chi connectivity index (χ3v) is 4.31. The standard InChI is InChI=1S/C17H24N6O2/c1-2-4-15-20-16(25-22-15)6-7-17(24)23-11-8-13(9-12-23)19-14-5-3-10-18-21-14/h3,5,10,13H,2,4,6-9,11-12H2,1H3,(H,19,21). The molecule has 2 aromatic rings. The van der Waals surface area contributed by atoms with E-state index in [4.69, 9.17) is 4.52 Å². The van der Waals surface area contributed by atoms with Crippen LogP contribution in [0.3, 0.4) is 0 Å². The van der Waals surface area contributed by atoms with E-state index in [1.807, 2.05) is 17.0 Å². The predicted octanol–water partition coefficient (Wildman–Crippen LogP) is 1.85. The molecule has 8 nitrogen and oxygen atoms in total. The minimum atomic E-state index is 0.146.